The van der Waals surface area contributed by atoms with Gasteiger partial charge in [0.05, 0.1) is 20.2 Å². The van der Waals surface area contributed by atoms with Crippen molar-refractivity contribution >= 4 is 49.0 Å². The van der Waals surface area contributed by atoms with Crippen molar-refractivity contribution in [2.75, 3.05) is 13.7 Å². The van der Waals surface area contributed by atoms with Crippen LogP contribution in [0.25, 0.3) is 0 Å². The molecule has 0 spiro atoms. The third-order valence-corrected chi connectivity index (χ3v) is 4.64. The summed E-state index contributed by atoms with van der Waals surface area (Å²) in [5, 5.41) is 0. The van der Waals surface area contributed by atoms with Crippen molar-refractivity contribution in [3.63, 3.8) is 0 Å². The lowest BCUT2D eigenvalue weighted by atomic mass is 10.3. The van der Waals surface area contributed by atoms with Crippen LogP contribution >= 0.6 is 43.2 Å². The van der Waals surface area contributed by atoms with Gasteiger partial charge in [0.1, 0.15) is 0 Å². The summed E-state index contributed by atoms with van der Waals surface area (Å²) in [6, 6.07) is 9.08. The third kappa shape index (κ3) is 3.58. The highest BCUT2D eigenvalue weighted by atomic mass is 79.9. The fourth-order valence-corrected chi connectivity index (χ4v) is 3.24. The number of carbonyl (C=O) groups is 1. The Balaban J connectivity index is 2.09. The van der Waals surface area contributed by atoms with Crippen molar-refractivity contribution in [1.29, 1.82) is 0 Å². The maximum Gasteiger partial charge on any atom is 0.210 e. The molecular formula is C13H10Br2O3S. The van der Waals surface area contributed by atoms with E-state index in [0.717, 1.165) is 8.26 Å². The molecule has 0 aliphatic carbocycles. The van der Waals surface area contributed by atoms with E-state index in [-0.39, 0.29) is 12.4 Å². The van der Waals surface area contributed by atoms with Crippen molar-refractivity contribution in [1.82, 2.24) is 0 Å². The lowest BCUT2D eigenvalue weighted by Gasteiger charge is -2.11. The molecule has 0 saturated carbocycles. The van der Waals surface area contributed by atoms with E-state index in [2.05, 4.69) is 31.9 Å². The monoisotopic (exact) mass is 404 g/mol. The number of rotatable bonds is 5. The molecule has 2 rings (SSSR count). The number of benzene rings is 1. The maximum absolute atomic E-state index is 12.0. The Morgan fingerprint density at radius 2 is 2.05 bits per heavy atom. The molecule has 0 fully saturated rings. The van der Waals surface area contributed by atoms with Gasteiger partial charge in [-0.1, -0.05) is 6.07 Å². The first-order valence-electron chi connectivity index (χ1n) is 5.35. The van der Waals surface area contributed by atoms with E-state index < -0.39 is 0 Å². The number of ether oxygens (including phenoxy) is 2. The fourth-order valence-electron chi connectivity index (χ4n) is 1.46. The number of hydrogen-bond donors (Lipinski definition) is 0. The van der Waals surface area contributed by atoms with Gasteiger partial charge < -0.3 is 9.47 Å². The topological polar surface area (TPSA) is 35.5 Å². The van der Waals surface area contributed by atoms with E-state index in [9.17, 15) is 4.79 Å². The lowest BCUT2D eigenvalue weighted by Crippen LogP contribution is -2.10. The minimum Gasteiger partial charge on any atom is -0.493 e. The van der Waals surface area contributed by atoms with Gasteiger partial charge in [0.25, 0.3) is 0 Å². The zero-order valence-corrected chi connectivity index (χ0v) is 14.0. The minimum absolute atomic E-state index is 0.0219. The summed E-state index contributed by atoms with van der Waals surface area (Å²) >= 11 is 8.10. The number of carbonyl (C=O) groups excluding carboxylic acids is 1. The molecule has 0 saturated heterocycles. The first-order valence-corrected chi connectivity index (χ1v) is 7.76. The Morgan fingerprint density at radius 3 is 2.68 bits per heavy atom. The lowest BCUT2D eigenvalue weighted by molar-refractivity contribution is 0.0923. The van der Waals surface area contributed by atoms with E-state index >= 15 is 0 Å². The summed E-state index contributed by atoms with van der Waals surface area (Å²) in [6.45, 7) is -0.0219. The van der Waals surface area contributed by atoms with Crippen molar-refractivity contribution in [2.45, 2.75) is 0 Å². The quantitative estimate of drug-likeness (QED) is 0.685. The average molecular weight is 406 g/mol. The van der Waals surface area contributed by atoms with Crippen LogP contribution in [0.4, 0.5) is 0 Å². The predicted octanol–water partition coefficient (Wildman–Crippen LogP) is 4.54. The van der Waals surface area contributed by atoms with Crippen molar-refractivity contribution < 1.29 is 14.3 Å². The smallest absolute Gasteiger partial charge is 0.210 e. The van der Waals surface area contributed by atoms with Crippen LogP contribution in [0.1, 0.15) is 9.67 Å². The van der Waals surface area contributed by atoms with E-state index in [1.165, 1.54) is 11.3 Å². The van der Waals surface area contributed by atoms with Crippen LogP contribution in [-0.4, -0.2) is 19.5 Å². The zero-order valence-electron chi connectivity index (χ0n) is 9.98. The van der Waals surface area contributed by atoms with E-state index in [1.54, 1.807) is 19.2 Å². The largest absolute Gasteiger partial charge is 0.493 e. The third-order valence-electron chi connectivity index (χ3n) is 2.35. The Morgan fingerprint density at radius 1 is 1.26 bits per heavy atom. The van der Waals surface area contributed by atoms with Gasteiger partial charge >= 0.3 is 0 Å². The summed E-state index contributed by atoms with van der Waals surface area (Å²) in [5.74, 6) is 1.07. The first-order chi connectivity index (χ1) is 9.11. The van der Waals surface area contributed by atoms with Crippen molar-refractivity contribution in [3.05, 3.63) is 43.5 Å². The number of hydrogen-bond acceptors (Lipinski definition) is 4. The van der Waals surface area contributed by atoms with E-state index in [0.29, 0.717) is 16.4 Å². The Hall–Kier alpha value is -0.850. The van der Waals surface area contributed by atoms with Gasteiger partial charge in [-0.2, -0.15) is 0 Å². The van der Waals surface area contributed by atoms with Crippen LogP contribution < -0.4 is 9.47 Å². The summed E-state index contributed by atoms with van der Waals surface area (Å²) in [7, 11) is 1.56. The number of Topliss-reactive ketones (excluding diaryl/α,β-unsaturated/α-hetero) is 1. The number of thiophene rings is 1. The molecule has 0 radical (unpaired) electrons. The molecule has 1 aromatic carbocycles. The predicted molar refractivity (Wildman–Crippen MR) is 82.5 cm³/mol. The maximum atomic E-state index is 12.0. The molecule has 0 unspecified atom stereocenters. The molecule has 0 N–H and O–H groups in total. The normalized spacial score (nSPS) is 10.3. The molecule has 19 heavy (non-hydrogen) atoms. The number of methoxy groups -OCH3 is 1. The molecule has 0 atom stereocenters. The highest BCUT2D eigenvalue weighted by molar-refractivity contribution is 9.11. The standard InChI is InChI=1S/C13H10Br2O3S/c1-17-10-4-2-3-8(14)13(10)18-7-9(16)11-5-6-12(15)19-11/h2-6H,7H2,1H3. The van der Waals surface area contributed by atoms with Gasteiger partial charge in [-0.15, -0.1) is 11.3 Å². The molecule has 2 aromatic rings. The molecule has 0 aliphatic rings. The molecule has 6 heteroatoms. The fraction of sp³-hybridized carbons (Fsp3) is 0.154. The second-order valence-corrected chi connectivity index (χ2v) is 6.90. The van der Waals surface area contributed by atoms with Gasteiger partial charge in [-0.05, 0) is 56.1 Å². The van der Waals surface area contributed by atoms with Gasteiger partial charge in [0, 0.05) is 0 Å². The summed E-state index contributed by atoms with van der Waals surface area (Å²) < 4.78 is 12.4. The number of halogens is 2. The molecule has 3 nitrogen and oxygen atoms in total. The van der Waals surface area contributed by atoms with Crippen LogP contribution in [0.3, 0.4) is 0 Å². The highest BCUT2D eigenvalue weighted by Crippen LogP contribution is 2.35. The van der Waals surface area contributed by atoms with Crippen LogP contribution in [0.2, 0.25) is 0 Å². The number of ketones is 1. The van der Waals surface area contributed by atoms with Crippen LogP contribution in [-0.2, 0) is 0 Å². The molecular weight excluding hydrogens is 396 g/mol. The van der Waals surface area contributed by atoms with Crippen LogP contribution in [0, 0.1) is 0 Å². The summed E-state index contributed by atoms with van der Waals surface area (Å²) in [4.78, 5) is 12.6. The Labute approximate surface area is 131 Å². The van der Waals surface area contributed by atoms with E-state index in [1.807, 2.05) is 18.2 Å². The first kappa shape index (κ1) is 14.6. The van der Waals surface area contributed by atoms with Gasteiger partial charge in [-0.3, -0.25) is 4.79 Å². The Kier molecular flexibility index (Phi) is 5.01. The highest BCUT2D eigenvalue weighted by Gasteiger charge is 2.13. The summed E-state index contributed by atoms with van der Waals surface area (Å²) in [5.41, 5.74) is 0. The molecule has 1 heterocycles. The van der Waals surface area contributed by atoms with Crippen LogP contribution in [0.15, 0.2) is 38.6 Å². The second kappa shape index (κ2) is 6.54. The van der Waals surface area contributed by atoms with Crippen LogP contribution in [0.5, 0.6) is 11.5 Å². The average Bonchev–Trinajstić information content (AvgIpc) is 2.83. The molecule has 0 amide bonds. The molecule has 100 valence electrons. The SMILES string of the molecule is COc1cccc(Br)c1OCC(=O)c1ccc(Br)s1. The van der Waals surface area contributed by atoms with Crippen molar-refractivity contribution in [2.24, 2.45) is 0 Å². The van der Waals surface area contributed by atoms with Crippen molar-refractivity contribution in [3.8, 4) is 11.5 Å². The molecule has 0 bridgehead atoms. The van der Waals surface area contributed by atoms with Gasteiger partial charge in [0.15, 0.2) is 18.1 Å². The number of para-hydroxylation sites is 1. The molecule has 1 aromatic heterocycles. The summed E-state index contributed by atoms with van der Waals surface area (Å²) in [6.07, 6.45) is 0. The van der Waals surface area contributed by atoms with E-state index in [4.69, 9.17) is 9.47 Å². The minimum atomic E-state index is -0.0616. The second-order valence-electron chi connectivity index (χ2n) is 3.59. The molecule has 0 aliphatic heterocycles. The van der Waals surface area contributed by atoms with Gasteiger partial charge in [0.2, 0.25) is 5.78 Å². The zero-order chi connectivity index (χ0) is 13.8. The Bertz CT molecular complexity index is 595. The van der Waals surface area contributed by atoms with Gasteiger partial charge in [-0.25, -0.2) is 0 Å².